The lowest BCUT2D eigenvalue weighted by Crippen LogP contribution is -2.46. The van der Waals surface area contributed by atoms with Crippen LogP contribution in [0.25, 0.3) is 5.69 Å². The van der Waals surface area contributed by atoms with E-state index in [-0.39, 0.29) is 17.9 Å². The molecule has 0 spiro atoms. The fourth-order valence-electron chi connectivity index (χ4n) is 3.63. The van der Waals surface area contributed by atoms with Gasteiger partial charge in [0.25, 0.3) is 11.8 Å². The number of carbonyl (C=O) groups is 2. The van der Waals surface area contributed by atoms with Crippen molar-refractivity contribution in [1.29, 1.82) is 0 Å². The molecule has 2 amide bonds. The molecule has 0 radical (unpaired) electrons. The maximum Gasteiger partial charge on any atom is 0.276 e. The van der Waals surface area contributed by atoms with Gasteiger partial charge in [0.05, 0.1) is 11.9 Å². The second kappa shape index (κ2) is 8.49. The van der Waals surface area contributed by atoms with Crippen LogP contribution in [0.3, 0.4) is 0 Å². The molecule has 7 nitrogen and oxygen atoms in total. The van der Waals surface area contributed by atoms with Crippen LogP contribution in [0.1, 0.15) is 44.8 Å². The number of nitrogens with one attached hydrogen (secondary N) is 1. The van der Waals surface area contributed by atoms with Gasteiger partial charge < -0.3 is 10.2 Å². The number of nitrogens with zero attached hydrogens (tertiary/aromatic N) is 4. The Kier molecular flexibility index (Phi) is 5.61. The summed E-state index contributed by atoms with van der Waals surface area (Å²) in [5.74, 6) is -0.193. The number of likely N-dealkylation sites (tertiary alicyclic amines) is 1. The third-order valence-electron chi connectivity index (χ3n) is 5.41. The highest BCUT2D eigenvalue weighted by atomic mass is 16.2. The van der Waals surface area contributed by atoms with E-state index < -0.39 is 0 Å². The molecule has 0 aliphatic carbocycles. The summed E-state index contributed by atoms with van der Waals surface area (Å²) < 4.78 is 1.61. The van der Waals surface area contributed by atoms with Gasteiger partial charge in [-0.2, -0.15) is 0 Å². The van der Waals surface area contributed by atoms with E-state index in [1.807, 2.05) is 62.4 Å². The maximum absolute atomic E-state index is 12.8. The SMILES string of the molecule is Cc1ccc(-n2cc(C(=O)N3CCC(NC(=O)c4cccc(C)c4)CC3)nn2)cc1. The Bertz CT molecular complexity index is 1050. The minimum atomic E-state index is -0.128. The zero-order valence-corrected chi connectivity index (χ0v) is 17.2. The molecule has 1 aliphatic rings. The van der Waals surface area contributed by atoms with Crippen LogP contribution in [0.4, 0.5) is 0 Å². The Morgan fingerprint density at radius 1 is 1.00 bits per heavy atom. The summed E-state index contributed by atoms with van der Waals surface area (Å²) in [5.41, 5.74) is 4.08. The van der Waals surface area contributed by atoms with Crippen LogP contribution in [-0.4, -0.2) is 50.8 Å². The van der Waals surface area contributed by atoms with Crippen molar-refractivity contribution in [3.05, 3.63) is 77.1 Å². The van der Waals surface area contributed by atoms with Crippen LogP contribution < -0.4 is 5.32 Å². The highest BCUT2D eigenvalue weighted by Crippen LogP contribution is 2.15. The summed E-state index contributed by atoms with van der Waals surface area (Å²) in [7, 11) is 0. The lowest BCUT2D eigenvalue weighted by Gasteiger charge is -2.31. The molecule has 30 heavy (non-hydrogen) atoms. The largest absolute Gasteiger partial charge is 0.349 e. The highest BCUT2D eigenvalue weighted by Gasteiger charge is 2.26. The molecule has 154 valence electrons. The number of carbonyl (C=O) groups excluding carboxylic acids is 2. The second-order valence-electron chi connectivity index (χ2n) is 7.79. The van der Waals surface area contributed by atoms with Crippen molar-refractivity contribution in [3.63, 3.8) is 0 Å². The van der Waals surface area contributed by atoms with Gasteiger partial charge >= 0.3 is 0 Å². The normalized spacial score (nSPS) is 14.5. The van der Waals surface area contributed by atoms with Crippen molar-refractivity contribution in [2.24, 2.45) is 0 Å². The number of hydrogen-bond donors (Lipinski definition) is 1. The fraction of sp³-hybridized carbons (Fsp3) is 0.304. The summed E-state index contributed by atoms with van der Waals surface area (Å²) in [6.45, 7) is 5.15. The molecule has 4 rings (SSSR count). The second-order valence-corrected chi connectivity index (χ2v) is 7.79. The van der Waals surface area contributed by atoms with E-state index in [2.05, 4.69) is 15.6 Å². The predicted octanol–water partition coefficient (Wildman–Crippen LogP) is 2.92. The van der Waals surface area contributed by atoms with Crippen molar-refractivity contribution < 1.29 is 9.59 Å². The molecule has 1 aliphatic heterocycles. The van der Waals surface area contributed by atoms with Crippen LogP contribution in [0.5, 0.6) is 0 Å². The van der Waals surface area contributed by atoms with E-state index in [9.17, 15) is 9.59 Å². The Labute approximate surface area is 175 Å². The van der Waals surface area contributed by atoms with Gasteiger partial charge in [-0.05, 0) is 51.0 Å². The number of amides is 2. The molecular formula is C23H25N5O2. The predicted molar refractivity (Wildman–Crippen MR) is 114 cm³/mol. The molecule has 0 saturated carbocycles. The minimum absolute atomic E-state index is 0.0605. The molecular weight excluding hydrogens is 378 g/mol. The van der Waals surface area contributed by atoms with E-state index >= 15 is 0 Å². The number of piperidine rings is 1. The quantitative estimate of drug-likeness (QED) is 0.726. The number of aryl methyl sites for hydroxylation is 2. The standard InChI is InChI=1S/C23H25N5O2/c1-16-6-8-20(9-7-16)28-15-21(25-26-28)23(30)27-12-10-19(11-13-27)24-22(29)18-5-3-4-17(2)14-18/h3-9,14-15,19H,10-13H2,1-2H3,(H,24,29). The van der Waals surface area contributed by atoms with Gasteiger partial charge in [-0.1, -0.05) is 40.6 Å². The van der Waals surface area contributed by atoms with Crippen molar-refractivity contribution in [1.82, 2.24) is 25.2 Å². The molecule has 7 heteroatoms. The average Bonchev–Trinajstić information content (AvgIpc) is 3.24. The molecule has 1 fully saturated rings. The molecule has 0 unspecified atom stereocenters. The third-order valence-corrected chi connectivity index (χ3v) is 5.41. The zero-order chi connectivity index (χ0) is 21.1. The summed E-state index contributed by atoms with van der Waals surface area (Å²) in [5, 5.41) is 11.2. The number of rotatable bonds is 4. The van der Waals surface area contributed by atoms with Gasteiger partial charge in [-0.15, -0.1) is 5.10 Å². The Balaban J connectivity index is 1.33. The Morgan fingerprint density at radius 2 is 1.73 bits per heavy atom. The molecule has 1 saturated heterocycles. The van der Waals surface area contributed by atoms with Crippen LogP contribution in [0.15, 0.2) is 54.7 Å². The molecule has 1 aromatic heterocycles. The van der Waals surface area contributed by atoms with E-state index in [4.69, 9.17) is 0 Å². The summed E-state index contributed by atoms with van der Waals surface area (Å²) in [4.78, 5) is 27.0. The van der Waals surface area contributed by atoms with E-state index in [1.165, 1.54) is 0 Å². The Morgan fingerprint density at radius 3 is 2.43 bits per heavy atom. The van der Waals surface area contributed by atoms with Crippen LogP contribution in [0.2, 0.25) is 0 Å². The topological polar surface area (TPSA) is 80.1 Å². The van der Waals surface area contributed by atoms with Crippen molar-refractivity contribution >= 4 is 11.8 Å². The van der Waals surface area contributed by atoms with Gasteiger partial charge in [0.2, 0.25) is 0 Å². The summed E-state index contributed by atoms with van der Waals surface area (Å²) >= 11 is 0. The maximum atomic E-state index is 12.8. The smallest absolute Gasteiger partial charge is 0.276 e. The van der Waals surface area contributed by atoms with Crippen LogP contribution >= 0.6 is 0 Å². The monoisotopic (exact) mass is 403 g/mol. The molecule has 2 aromatic carbocycles. The lowest BCUT2D eigenvalue weighted by atomic mass is 10.0. The number of benzene rings is 2. The average molecular weight is 403 g/mol. The lowest BCUT2D eigenvalue weighted by molar-refractivity contribution is 0.0692. The molecule has 1 N–H and O–H groups in total. The van der Waals surface area contributed by atoms with Gasteiger partial charge in [0, 0.05) is 24.7 Å². The Hall–Kier alpha value is -3.48. The van der Waals surface area contributed by atoms with E-state index in [0.717, 1.165) is 29.7 Å². The minimum Gasteiger partial charge on any atom is -0.349 e. The van der Waals surface area contributed by atoms with Crippen molar-refractivity contribution in [3.8, 4) is 5.69 Å². The molecule has 2 heterocycles. The number of hydrogen-bond acceptors (Lipinski definition) is 4. The first-order valence-electron chi connectivity index (χ1n) is 10.2. The zero-order valence-electron chi connectivity index (χ0n) is 17.2. The van der Waals surface area contributed by atoms with Crippen LogP contribution in [0, 0.1) is 13.8 Å². The van der Waals surface area contributed by atoms with E-state index in [1.54, 1.807) is 15.8 Å². The van der Waals surface area contributed by atoms with Crippen LogP contribution in [-0.2, 0) is 0 Å². The van der Waals surface area contributed by atoms with Gasteiger partial charge in [0.15, 0.2) is 5.69 Å². The first kappa shape index (κ1) is 19.8. The van der Waals surface area contributed by atoms with Gasteiger partial charge in [-0.3, -0.25) is 9.59 Å². The summed E-state index contributed by atoms with van der Waals surface area (Å²) in [6, 6.07) is 15.5. The van der Waals surface area contributed by atoms with Gasteiger partial charge in [0.1, 0.15) is 0 Å². The fourth-order valence-corrected chi connectivity index (χ4v) is 3.63. The first-order valence-corrected chi connectivity index (χ1v) is 10.2. The van der Waals surface area contributed by atoms with E-state index in [0.29, 0.717) is 24.3 Å². The number of aromatic nitrogens is 3. The molecule has 3 aromatic rings. The molecule has 0 bridgehead atoms. The molecule has 0 atom stereocenters. The first-order chi connectivity index (χ1) is 14.5. The summed E-state index contributed by atoms with van der Waals surface area (Å²) in [6.07, 6.45) is 3.10. The van der Waals surface area contributed by atoms with Gasteiger partial charge in [-0.25, -0.2) is 4.68 Å². The van der Waals surface area contributed by atoms with Crippen molar-refractivity contribution in [2.75, 3.05) is 13.1 Å². The van der Waals surface area contributed by atoms with Crippen molar-refractivity contribution in [2.45, 2.75) is 32.7 Å². The third kappa shape index (κ3) is 4.40. The highest BCUT2D eigenvalue weighted by molar-refractivity contribution is 5.94.